The average molecular weight is 805 g/mol. The minimum absolute atomic E-state index is 0.0395. The van der Waals surface area contributed by atoms with Crippen LogP contribution in [0.1, 0.15) is 110 Å². The summed E-state index contributed by atoms with van der Waals surface area (Å²) in [7, 11) is 0. The summed E-state index contributed by atoms with van der Waals surface area (Å²) < 4.78 is 24.2. The van der Waals surface area contributed by atoms with Crippen LogP contribution in [0.5, 0.6) is 0 Å². The third kappa shape index (κ3) is 5.53. The average Bonchev–Trinajstić information content (AvgIpc) is 3.83. The molecule has 0 saturated carbocycles. The number of hydrogen-bond donors (Lipinski definition) is 0. The van der Waals surface area contributed by atoms with E-state index < -0.39 is 12.3 Å². The molecule has 0 saturated heterocycles. The van der Waals surface area contributed by atoms with E-state index in [-0.39, 0.29) is 16.2 Å². The van der Waals surface area contributed by atoms with Crippen LogP contribution < -0.4 is 4.90 Å². The van der Waals surface area contributed by atoms with E-state index in [9.17, 15) is 0 Å². The van der Waals surface area contributed by atoms with Crippen LogP contribution in [0.3, 0.4) is 0 Å². The minimum Gasteiger partial charge on any atom is -0.310 e. The maximum atomic E-state index is 8.07. The molecular formula is C61H55N. The first-order chi connectivity index (χ1) is 30.9. The molecule has 0 amide bonds. The minimum atomic E-state index is -2.18. The number of fused-ring (bicyclic) bond motifs is 13. The summed E-state index contributed by atoms with van der Waals surface area (Å²) in [4.78, 5) is 2.42. The Kier molecular flexibility index (Phi) is 7.54. The lowest BCUT2D eigenvalue weighted by molar-refractivity contribution is 0.586. The quantitative estimate of drug-likeness (QED) is 0.171. The maximum Gasteiger partial charge on any atom is 0.0726 e. The predicted molar refractivity (Wildman–Crippen MR) is 263 cm³/mol. The van der Waals surface area contributed by atoms with Gasteiger partial charge in [-0.2, -0.15) is 0 Å². The lowest BCUT2D eigenvalue weighted by atomic mass is 9.68. The molecule has 0 unspecified atom stereocenters. The summed E-state index contributed by atoms with van der Waals surface area (Å²) >= 11 is 0. The molecule has 62 heavy (non-hydrogen) atoms. The molecule has 3 aliphatic carbocycles. The van der Waals surface area contributed by atoms with Gasteiger partial charge >= 0.3 is 0 Å². The predicted octanol–water partition coefficient (Wildman–Crippen LogP) is 16.4. The number of hydrogen-bond acceptors (Lipinski definition) is 1. The fourth-order valence-corrected chi connectivity index (χ4v) is 11.0. The van der Waals surface area contributed by atoms with Gasteiger partial charge in [-0.15, -0.1) is 0 Å². The van der Waals surface area contributed by atoms with E-state index in [0.29, 0.717) is 5.56 Å². The SMILES string of the molecule is [2H]C([2H])([2H])c1cccc(-c2ccc(N(c3ccc4c(c3)-c3ccccc3C4(C)C)c3ccc4c(c3)C3(c5ccccc5-4)c4cc(C(C)(C)C)ccc4-c4ccc(C(C)(C)C)cc43)cc2)c1. The van der Waals surface area contributed by atoms with Crippen molar-refractivity contribution in [1.29, 1.82) is 0 Å². The lowest BCUT2D eigenvalue weighted by Gasteiger charge is -2.34. The van der Waals surface area contributed by atoms with Crippen LogP contribution in [0.4, 0.5) is 17.1 Å². The van der Waals surface area contributed by atoms with Gasteiger partial charge in [-0.05, 0) is 143 Å². The summed E-state index contributed by atoms with van der Waals surface area (Å²) in [6, 6.07) is 62.6. The highest BCUT2D eigenvalue weighted by Gasteiger charge is 2.52. The van der Waals surface area contributed by atoms with Crippen molar-refractivity contribution < 1.29 is 4.11 Å². The molecule has 11 rings (SSSR count). The first kappa shape index (κ1) is 35.2. The van der Waals surface area contributed by atoms with E-state index in [1.165, 1.54) is 77.9 Å². The number of benzene rings is 8. The first-order valence-electron chi connectivity index (χ1n) is 23.7. The van der Waals surface area contributed by atoms with Crippen molar-refractivity contribution in [3.05, 3.63) is 220 Å². The largest absolute Gasteiger partial charge is 0.310 e. The van der Waals surface area contributed by atoms with E-state index >= 15 is 0 Å². The van der Waals surface area contributed by atoms with Crippen LogP contribution in [0, 0.1) is 6.85 Å². The second kappa shape index (κ2) is 13.3. The molecular weight excluding hydrogens is 747 g/mol. The molecule has 0 fully saturated rings. The van der Waals surface area contributed by atoms with Crippen molar-refractivity contribution in [2.24, 2.45) is 0 Å². The van der Waals surface area contributed by atoms with E-state index in [1.807, 2.05) is 12.1 Å². The number of anilines is 3. The molecule has 3 aliphatic rings. The monoisotopic (exact) mass is 804 g/mol. The fourth-order valence-electron chi connectivity index (χ4n) is 11.0. The zero-order valence-corrected chi connectivity index (χ0v) is 37.1. The van der Waals surface area contributed by atoms with Crippen molar-refractivity contribution >= 4 is 17.1 Å². The van der Waals surface area contributed by atoms with Crippen LogP contribution in [-0.2, 0) is 21.7 Å². The van der Waals surface area contributed by atoms with Gasteiger partial charge in [-0.25, -0.2) is 0 Å². The van der Waals surface area contributed by atoms with Crippen LogP contribution in [0.15, 0.2) is 170 Å². The Morgan fingerprint density at radius 2 is 0.887 bits per heavy atom. The second-order valence-corrected chi connectivity index (χ2v) is 20.4. The van der Waals surface area contributed by atoms with Crippen LogP contribution in [-0.4, -0.2) is 0 Å². The lowest BCUT2D eigenvalue weighted by Crippen LogP contribution is -2.27. The van der Waals surface area contributed by atoms with E-state index in [1.54, 1.807) is 12.1 Å². The molecule has 304 valence electrons. The maximum absolute atomic E-state index is 8.07. The summed E-state index contributed by atoms with van der Waals surface area (Å²) in [5, 5.41) is 0. The number of rotatable bonds is 4. The number of nitrogens with zero attached hydrogens (tertiary/aromatic N) is 1. The smallest absolute Gasteiger partial charge is 0.0726 e. The second-order valence-electron chi connectivity index (χ2n) is 20.4. The molecule has 1 spiro atoms. The van der Waals surface area contributed by atoms with Crippen molar-refractivity contribution in [3.8, 4) is 44.5 Å². The molecule has 0 radical (unpaired) electrons. The van der Waals surface area contributed by atoms with Gasteiger partial charge in [0.1, 0.15) is 0 Å². The van der Waals surface area contributed by atoms with Gasteiger partial charge in [0, 0.05) is 26.6 Å². The van der Waals surface area contributed by atoms with Gasteiger partial charge in [0.05, 0.1) is 5.41 Å². The van der Waals surface area contributed by atoms with Crippen molar-refractivity contribution in [3.63, 3.8) is 0 Å². The topological polar surface area (TPSA) is 3.24 Å². The Bertz CT molecular complexity index is 3180. The van der Waals surface area contributed by atoms with Gasteiger partial charge < -0.3 is 4.90 Å². The molecule has 8 aromatic carbocycles. The first-order valence-corrected chi connectivity index (χ1v) is 22.2. The Hall–Kier alpha value is -6.44. The summed E-state index contributed by atoms with van der Waals surface area (Å²) in [6.45, 7) is 16.4. The van der Waals surface area contributed by atoms with Gasteiger partial charge in [0.15, 0.2) is 0 Å². The Balaban J connectivity index is 1.17. The zero-order chi connectivity index (χ0) is 45.4. The standard InChI is InChI=1S/C61H55N/c1-38-15-14-16-40(33-38)39-21-25-43(26-22-39)62(44-28-32-53-51(36-44)47-18-10-12-19-52(47)60(53,8)9)45-27-31-50-46-17-11-13-20-54(46)61(57(50)37-45)55-34-41(58(2,3)4)23-29-48(55)49-30-24-42(35-56(49)61)59(5,6)7/h10-37H,1-9H3/i1D3. The molecule has 1 nitrogen and oxygen atoms in total. The molecule has 0 atom stereocenters. The third-order valence-corrected chi connectivity index (χ3v) is 14.3. The molecule has 0 heterocycles. The van der Waals surface area contributed by atoms with E-state index in [0.717, 1.165) is 28.2 Å². The van der Waals surface area contributed by atoms with Crippen LogP contribution in [0.25, 0.3) is 44.5 Å². The van der Waals surface area contributed by atoms with Gasteiger partial charge in [-0.1, -0.05) is 194 Å². The van der Waals surface area contributed by atoms with E-state index in [2.05, 4.69) is 206 Å². The zero-order valence-electron chi connectivity index (χ0n) is 40.1. The van der Waals surface area contributed by atoms with Crippen molar-refractivity contribution in [1.82, 2.24) is 0 Å². The molecule has 0 N–H and O–H groups in total. The highest BCUT2D eigenvalue weighted by molar-refractivity contribution is 5.97. The van der Waals surface area contributed by atoms with Gasteiger partial charge in [0.25, 0.3) is 0 Å². The highest BCUT2D eigenvalue weighted by Crippen LogP contribution is 2.64. The molecule has 1 heteroatoms. The summed E-state index contributed by atoms with van der Waals surface area (Å²) in [5.74, 6) is 0. The Morgan fingerprint density at radius 1 is 0.387 bits per heavy atom. The van der Waals surface area contributed by atoms with Crippen molar-refractivity contribution in [2.45, 2.75) is 83.9 Å². The van der Waals surface area contributed by atoms with Gasteiger partial charge in [-0.3, -0.25) is 0 Å². The summed E-state index contributed by atoms with van der Waals surface area (Å²) in [5.41, 5.74) is 23.0. The molecule has 0 bridgehead atoms. The molecule has 0 aromatic heterocycles. The number of aryl methyl sites for hydroxylation is 1. The van der Waals surface area contributed by atoms with Crippen LogP contribution in [0.2, 0.25) is 0 Å². The normalized spacial score (nSPS) is 15.7. The highest BCUT2D eigenvalue weighted by atomic mass is 15.1. The molecule has 0 aliphatic heterocycles. The van der Waals surface area contributed by atoms with Crippen molar-refractivity contribution in [2.75, 3.05) is 4.90 Å². The third-order valence-electron chi connectivity index (χ3n) is 14.3. The van der Waals surface area contributed by atoms with Crippen LogP contribution >= 0.6 is 0 Å². The summed E-state index contributed by atoms with van der Waals surface area (Å²) in [6.07, 6.45) is 0. The Morgan fingerprint density at radius 3 is 1.52 bits per heavy atom. The Labute approximate surface area is 373 Å². The van der Waals surface area contributed by atoms with E-state index in [4.69, 9.17) is 4.11 Å². The fraction of sp³-hybridized carbons (Fsp3) is 0.213. The van der Waals surface area contributed by atoms with Gasteiger partial charge in [0.2, 0.25) is 0 Å². The molecule has 8 aromatic rings.